The van der Waals surface area contributed by atoms with Gasteiger partial charge in [-0.15, -0.1) is 0 Å². The molecule has 0 spiro atoms. The summed E-state index contributed by atoms with van der Waals surface area (Å²) < 4.78 is 0. The van der Waals surface area contributed by atoms with E-state index in [9.17, 15) is 20.1 Å². The Hall–Kier alpha value is -1.17. The quantitative estimate of drug-likeness (QED) is 0.0371. The van der Waals surface area contributed by atoms with E-state index in [1.165, 1.54) is 180 Å². The molecule has 1 amide bonds. The van der Waals surface area contributed by atoms with Crippen molar-refractivity contribution in [2.45, 2.75) is 263 Å². The zero-order chi connectivity index (χ0) is 38.0. The molecule has 0 aromatic rings. The highest BCUT2D eigenvalue weighted by Crippen LogP contribution is 2.16. The molecular formula is C47H91NO4. The topological polar surface area (TPSA) is 89.8 Å². The minimum Gasteiger partial charge on any atom is -0.394 e. The van der Waals surface area contributed by atoms with E-state index in [4.69, 9.17) is 0 Å². The summed E-state index contributed by atoms with van der Waals surface area (Å²) in [7, 11) is 0. The zero-order valence-electron chi connectivity index (χ0n) is 35.0. The normalized spacial score (nSPS) is 13.7. The number of aliphatic hydroxyl groups excluding tert-OH is 3. The number of amides is 1. The van der Waals surface area contributed by atoms with Gasteiger partial charge in [0.1, 0.15) is 6.10 Å². The van der Waals surface area contributed by atoms with Crippen LogP contribution in [0, 0.1) is 0 Å². The highest BCUT2D eigenvalue weighted by Gasteiger charge is 2.26. The number of aliphatic hydroxyl groups is 3. The molecule has 0 saturated carbocycles. The number of rotatable bonds is 42. The summed E-state index contributed by atoms with van der Waals surface area (Å²) in [5.74, 6) is -0.155. The molecule has 0 bridgehead atoms. The Bertz CT molecular complexity index is 768. The second-order valence-corrected chi connectivity index (χ2v) is 16.0. The summed E-state index contributed by atoms with van der Waals surface area (Å²) in [6.45, 7) is 4.13. The highest BCUT2D eigenvalue weighted by molar-refractivity contribution is 5.76. The van der Waals surface area contributed by atoms with Gasteiger partial charge in [0.15, 0.2) is 0 Å². The molecule has 0 aromatic heterocycles. The molecule has 0 radical (unpaired) electrons. The van der Waals surface area contributed by atoms with Crippen molar-refractivity contribution in [3.05, 3.63) is 24.3 Å². The Morgan fingerprint density at radius 1 is 0.462 bits per heavy atom. The van der Waals surface area contributed by atoms with Gasteiger partial charge in [0.25, 0.3) is 0 Å². The van der Waals surface area contributed by atoms with Gasteiger partial charge in [-0.25, -0.2) is 0 Å². The molecule has 52 heavy (non-hydrogen) atoms. The monoisotopic (exact) mass is 734 g/mol. The molecule has 0 aromatic carbocycles. The number of allylic oxidation sites excluding steroid dienone is 4. The van der Waals surface area contributed by atoms with Crippen LogP contribution in [0.1, 0.15) is 245 Å². The van der Waals surface area contributed by atoms with Gasteiger partial charge in [0, 0.05) is 6.42 Å². The summed E-state index contributed by atoms with van der Waals surface area (Å²) in [6, 6.07) is -0.822. The lowest BCUT2D eigenvalue weighted by Gasteiger charge is -2.26. The molecule has 0 aliphatic heterocycles. The summed E-state index contributed by atoms with van der Waals surface area (Å²) in [5.41, 5.74) is 0. The number of unbranched alkanes of at least 4 members (excludes halogenated alkanes) is 30. The standard InChI is InChI=1S/C47H91NO4/c1-3-5-7-9-11-13-14-15-16-17-18-19-20-21-22-23-24-25-26-27-28-29-30-31-32-34-36-38-40-42-46(51)48-44(43-49)47(52)45(50)41-39-37-35-33-12-10-8-6-4-2/h21-22,33,35,44-45,47,49-50,52H,3-20,23-32,34,36-43H2,1-2H3,(H,48,51)/b22-21-,35-33+. The molecule has 0 aliphatic rings. The number of hydrogen-bond donors (Lipinski definition) is 4. The molecule has 5 nitrogen and oxygen atoms in total. The van der Waals surface area contributed by atoms with Crippen molar-refractivity contribution >= 4 is 5.91 Å². The van der Waals surface area contributed by atoms with Crippen molar-refractivity contribution < 1.29 is 20.1 Å². The van der Waals surface area contributed by atoms with E-state index in [1.54, 1.807) is 0 Å². The van der Waals surface area contributed by atoms with Crippen molar-refractivity contribution in [3.8, 4) is 0 Å². The maximum Gasteiger partial charge on any atom is 0.220 e. The smallest absolute Gasteiger partial charge is 0.220 e. The predicted molar refractivity (Wildman–Crippen MR) is 227 cm³/mol. The molecule has 3 atom stereocenters. The van der Waals surface area contributed by atoms with Crippen LogP contribution in [0.25, 0.3) is 0 Å². The minimum atomic E-state index is -1.15. The van der Waals surface area contributed by atoms with Crippen molar-refractivity contribution in [3.63, 3.8) is 0 Å². The molecule has 308 valence electrons. The summed E-state index contributed by atoms with van der Waals surface area (Å²) in [5, 5.41) is 33.3. The van der Waals surface area contributed by atoms with Gasteiger partial charge >= 0.3 is 0 Å². The summed E-state index contributed by atoms with van der Waals surface area (Å²) >= 11 is 0. The van der Waals surface area contributed by atoms with Crippen molar-refractivity contribution in [2.24, 2.45) is 0 Å². The van der Waals surface area contributed by atoms with Gasteiger partial charge in [-0.1, -0.05) is 199 Å². The second-order valence-electron chi connectivity index (χ2n) is 16.0. The Kier molecular flexibility index (Phi) is 41.6. The molecule has 0 rings (SSSR count). The van der Waals surface area contributed by atoms with Gasteiger partial charge in [0.05, 0.1) is 18.8 Å². The second kappa shape index (κ2) is 42.6. The summed E-state index contributed by atoms with van der Waals surface area (Å²) in [4.78, 5) is 12.4. The molecule has 3 unspecified atom stereocenters. The average Bonchev–Trinajstić information content (AvgIpc) is 3.15. The predicted octanol–water partition coefficient (Wildman–Crippen LogP) is 13.4. The van der Waals surface area contributed by atoms with E-state index >= 15 is 0 Å². The lowest BCUT2D eigenvalue weighted by Crippen LogP contribution is -2.50. The molecule has 0 aliphatic carbocycles. The fourth-order valence-corrected chi connectivity index (χ4v) is 7.16. The van der Waals surface area contributed by atoms with E-state index in [0.29, 0.717) is 12.8 Å². The van der Waals surface area contributed by atoms with E-state index in [-0.39, 0.29) is 12.5 Å². The van der Waals surface area contributed by atoms with Crippen LogP contribution >= 0.6 is 0 Å². The van der Waals surface area contributed by atoms with Gasteiger partial charge in [-0.3, -0.25) is 4.79 Å². The zero-order valence-corrected chi connectivity index (χ0v) is 35.0. The van der Waals surface area contributed by atoms with Crippen LogP contribution in [0.2, 0.25) is 0 Å². The third-order valence-corrected chi connectivity index (χ3v) is 10.8. The van der Waals surface area contributed by atoms with Crippen LogP contribution in [-0.4, -0.2) is 46.1 Å². The number of nitrogens with one attached hydrogen (secondary N) is 1. The van der Waals surface area contributed by atoms with Crippen molar-refractivity contribution in [2.75, 3.05) is 6.61 Å². The van der Waals surface area contributed by atoms with Gasteiger partial charge < -0.3 is 20.6 Å². The Balaban J connectivity index is 3.50. The van der Waals surface area contributed by atoms with Gasteiger partial charge in [0.2, 0.25) is 5.91 Å². The van der Waals surface area contributed by atoms with Crippen LogP contribution in [0.4, 0.5) is 0 Å². The van der Waals surface area contributed by atoms with Crippen LogP contribution in [-0.2, 0) is 4.79 Å². The van der Waals surface area contributed by atoms with Crippen molar-refractivity contribution in [1.29, 1.82) is 0 Å². The Labute approximate surface area is 324 Å². The van der Waals surface area contributed by atoms with Gasteiger partial charge in [-0.2, -0.15) is 0 Å². The molecule has 0 saturated heterocycles. The lowest BCUT2D eigenvalue weighted by atomic mass is 10.0. The van der Waals surface area contributed by atoms with E-state index < -0.39 is 18.2 Å². The first-order valence-electron chi connectivity index (χ1n) is 23.1. The number of hydrogen-bond acceptors (Lipinski definition) is 4. The van der Waals surface area contributed by atoms with E-state index in [0.717, 1.165) is 38.5 Å². The Morgan fingerprint density at radius 2 is 0.769 bits per heavy atom. The van der Waals surface area contributed by atoms with E-state index in [2.05, 4.69) is 43.5 Å². The van der Waals surface area contributed by atoms with E-state index in [1.807, 2.05) is 0 Å². The largest absolute Gasteiger partial charge is 0.394 e. The fraction of sp³-hybridized carbons (Fsp3) is 0.894. The van der Waals surface area contributed by atoms with Crippen LogP contribution < -0.4 is 5.32 Å². The first kappa shape index (κ1) is 50.8. The molecule has 5 heteroatoms. The first-order valence-corrected chi connectivity index (χ1v) is 23.1. The van der Waals surface area contributed by atoms with Crippen LogP contribution in [0.5, 0.6) is 0 Å². The number of carbonyl (C=O) groups is 1. The third-order valence-electron chi connectivity index (χ3n) is 10.8. The van der Waals surface area contributed by atoms with Crippen LogP contribution in [0.3, 0.4) is 0 Å². The Morgan fingerprint density at radius 3 is 1.13 bits per heavy atom. The maximum atomic E-state index is 12.4. The first-order chi connectivity index (χ1) is 25.6. The average molecular weight is 734 g/mol. The highest BCUT2D eigenvalue weighted by atomic mass is 16.3. The SMILES string of the molecule is CCCCCC/C=C/CCCC(O)C(O)C(CO)NC(=O)CCCCCCCCCCCCCCC/C=C\CCCCCCCCCCCCCC. The maximum absolute atomic E-state index is 12.4. The number of carbonyl (C=O) groups excluding carboxylic acids is 1. The summed E-state index contributed by atoms with van der Waals surface area (Å²) in [6.07, 6.45) is 51.8. The minimum absolute atomic E-state index is 0.155. The molecular weight excluding hydrogens is 643 g/mol. The lowest BCUT2D eigenvalue weighted by molar-refractivity contribution is -0.124. The van der Waals surface area contributed by atoms with Crippen LogP contribution in [0.15, 0.2) is 24.3 Å². The molecule has 0 fully saturated rings. The fourth-order valence-electron chi connectivity index (χ4n) is 7.16. The van der Waals surface area contributed by atoms with Crippen molar-refractivity contribution in [1.82, 2.24) is 5.32 Å². The molecule has 0 heterocycles. The van der Waals surface area contributed by atoms with Gasteiger partial charge in [-0.05, 0) is 64.2 Å². The molecule has 4 N–H and O–H groups in total. The third kappa shape index (κ3) is 37.2.